The summed E-state index contributed by atoms with van der Waals surface area (Å²) in [5, 5.41) is 0. The Bertz CT molecular complexity index is 632. The zero-order valence-electron chi connectivity index (χ0n) is 13.0. The number of nitrogens with zero attached hydrogens (tertiary/aromatic N) is 2. The molecule has 1 aliphatic rings. The topological polar surface area (TPSA) is 23.6 Å². The Morgan fingerprint density at radius 2 is 1.88 bits per heavy atom. The molecule has 24 heavy (non-hydrogen) atoms. The zero-order chi connectivity index (χ0) is 17.7. The standard InChI is InChI=1S/C17H18F4N2O/c1-2-7-22-8-10-23(11-9-22)16(24)6-4-13-3-5-15(18)14(12-13)17(19,20)21/h2-6,12H,1,7-11H2/b6-4+. The molecule has 0 aliphatic carbocycles. The van der Waals surface area contributed by atoms with Gasteiger partial charge in [-0.1, -0.05) is 12.1 Å². The van der Waals surface area contributed by atoms with Crippen LogP contribution in [0.25, 0.3) is 6.08 Å². The molecule has 1 fully saturated rings. The summed E-state index contributed by atoms with van der Waals surface area (Å²) in [5.74, 6) is -1.60. The summed E-state index contributed by atoms with van der Waals surface area (Å²) in [4.78, 5) is 15.9. The van der Waals surface area contributed by atoms with Gasteiger partial charge in [0.15, 0.2) is 0 Å². The Balaban J connectivity index is 2.01. The van der Waals surface area contributed by atoms with Crippen molar-refractivity contribution in [1.29, 1.82) is 0 Å². The van der Waals surface area contributed by atoms with Crippen molar-refractivity contribution in [2.24, 2.45) is 0 Å². The number of benzene rings is 1. The van der Waals surface area contributed by atoms with Gasteiger partial charge in [0.2, 0.25) is 5.91 Å². The molecule has 0 atom stereocenters. The lowest BCUT2D eigenvalue weighted by atomic mass is 10.1. The van der Waals surface area contributed by atoms with E-state index in [4.69, 9.17) is 0 Å². The highest BCUT2D eigenvalue weighted by Gasteiger charge is 2.34. The molecule has 0 unspecified atom stereocenters. The van der Waals surface area contributed by atoms with Gasteiger partial charge < -0.3 is 4.90 Å². The van der Waals surface area contributed by atoms with Gasteiger partial charge in [-0.2, -0.15) is 13.2 Å². The molecule has 7 heteroatoms. The molecule has 3 nitrogen and oxygen atoms in total. The molecule has 1 aliphatic heterocycles. The maximum absolute atomic E-state index is 13.2. The maximum atomic E-state index is 13.2. The molecule has 0 aromatic heterocycles. The van der Waals surface area contributed by atoms with Gasteiger partial charge in [-0.05, 0) is 23.8 Å². The maximum Gasteiger partial charge on any atom is 0.419 e. The number of amides is 1. The van der Waals surface area contributed by atoms with Crippen molar-refractivity contribution < 1.29 is 22.4 Å². The van der Waals surface area contributed by atoms with E-state index in [2.05, 4.69) is 11.5 Å². The Morgan fingerprint density at radius 3 is 2.46 bits per heavy atom. The van der Waals surface area contributed by atoms with E-state index in [0.29, 0.717) is 19.2 Å². The molecule has 0 radical (unpaired) electrons. The van der Waals surface area contributed by atoms with Crippen molar-refractivity contribution >= 4 is 12.0 Å². The van der Waals surface area contributed by atoms with Gasteiger partial charge in [0, 0.05) is 38.8 Å². The average molecular weight is 342 g/mol. The van der Waals surface area contributed by atoms with E-state index in [0.717, 1.165) is 25.7 Å². The van der Waals surface area contributed by atoms with Crippen LogP contribution >= 0.6 is 0 Å². The molecule has 1 amide bonds. The summed E-state index contributed by atoms with van der Waals surface area (Å²) in [6.45, 7) is 6.96. The molecule has 2 rings (SSSR count). The minimum Gasteiger partial charge on any atom is -0.337 e. The SMILES string of the molecule is C=CCN1CCN(C(=O)/C=C/c2ccc(F)c(C(F)(F)F)c2)CC1. The number of hydrogen-bond donors (Lipinski definition) is 0. The fourth-order valence-corrected chi connectivity index (χ4v) is 2.47. The van der Waals surface area contributed by atoms with Gasteiger partial charge in [-0.15, -0.1) is 6.58 Å². The number of alkyl halides is 3. The molecule has 0 N–H and O–H groups in total. The van der Waals surface area contributed by atoms with Crippen LogP contribution in [0.15, 0.2) is 36.9 Å². The van der Waals surface area contributed by atoms with Crippen LogP contribution in [0.5, 0.6) is 0 Å². The number of carbonyl (C=O) groups is 1. The Hall–Kier alpha value is -2.15. The number of carbonyl (C=O) groups excluding carboxylic acids is 1. The van der Waals surface area contributed by atoms with Crippen molar-refractivity contribution in [3.63, 3.8) is 0 Å². The fraction of sp³-hybridized carbons (Fsp3) is 0.353. The van der Waals surface area contributed by atoms with Gasteiger partial charge in [0.1, 0.15) is 5.82 Å². The average Bonchev–Trinajstić information content (AvgIpc) is 2.53. The predicted octanol–water partition coefficient (Wildman–Crippen LogP) is 3.19. The van der Waals surface area contributed by atoms with Crippen LogP contribution in [-0.4, -0.2) is 48.4 Å². The number of rotatable bonds is 4. The van der Waals surface area contributed by atoms with Crippen molar-refractivity contribution in [3.05, 3.63) is 53.9 Å². The van der Waals surface area contributed by atoms with E-state index in [1.165, 1.54) is 18.2 Å². The quantitative estimate of drug-likeness (QED) is 0.477. The van der Waals surface area contributed by atoms with E-state index >= 15 is 0 Å². The van der Waals surface area contributed by atoms with Crippen molar-refractivity contribution in [3.8, 4) is 0 Å². The second-order valence-electron chi connectivity index (χ2n) is 5.48. The Labute approximate surface area is 137 Å². The number of halogens is 4. The molecule has 130 valence electrons. The molecular weight excluding hydrogens is 324 g/mol. The van der Waals surface area contributed by atoms with E-state index in [1.807, 2.05) is 0 Å². The summed E-state index contributed by atoms with van der Waals surface area (Å²) >= 11 is 0. The van der Waals surface area contributed by atoms with Gasteiger partial charge >= 0.3 is 6.18 Å². The third-order valence-corrected chi connectivity index (χ3v) is 3.79. The second-order valence-corrected chi connectivity index (χ2v) is 5.48. The highest BCUT2D eigenvalue weighted by Crippen LogP contribution is 2.32. The van der Waals surface area contributed by atoms with Gasteiger partial charge in [-0.25, -0.2) is 4.39 Å². The Kier molecular flexibility index (Phi) is 5.77. The normalized spacial score (nSPS) is 16.6. The highest BCUT2D eigenvalue weighted by molar-refractivity contribution is 5.91. The smallest absolute Gasteiger partial charge is 0.337 e. The zero-order valence-corrected chi connectivity index (χ0v) is 13.0. The van der Waals surface area contributed by atoms with Crippen LogP contribution in [0.4, 0.5) is 17.6 Å². The largest absolute Gasteiger partial charge is 0.419 e. The first kappa shape index (κ1) is 18.2. The lowest BCUT2D eigenvalue weighted by Crippen LogP contribution is -2.48. The van der Waals surface area contributed by atoms with E-state index < -0.39 is 17.6 Å². The highest BCUT2D eigenvalue weighted by atomic mass is 19.4. The summed E-state index contributed by atoms with van der Waals surface area (Å²) in [7, 11) is 0. The first-order chi connectivity index (χ1) is 11.3. The van der Waals surface area contributed by atoms with Crippen LogP contribution < -0.4 is 0 Å². The van der Waals surface area contributed by atoms with Crippen molar-refractivity contribution in [1.82, 2.24) is 9.80 Å². The molecule has 1 heterocycles. The van der Waals surface area contributed by atoms with Crippen molar-refractivity contribution in [2.75, 3.05) is 32.7 Å². The third kappa shape index (κ3) is 4.67. The van der Waals surface area contributed by atoms with Crippen LogP contribution in [0, 0.1) is 5.82 Å². The lowest BCUT2D eigenvalue weighted by molar-refractivity contribution is -0.140. The van der Waals surface area contributed by atoms with Crippen molar-refractivity contribution in [2.45, 2.75) is 6.18 Å². The van der Waals surface area contributed by atoms with E-state index in [9.17, 15) is 22.4 Å². The summed E-state index contributed by atoms with van der Waals surface area (Å²) in [6, 6.07) is 2.65. The lowest BCUT2D eigenvalue weighted by Gasteiger charge is -2.33. The number of hydrogen-bond acceptors (Lipinski definition) is 2. The van der Waals surface area contributed by atoms with Gasteiger partial charge in [-0.3, -0.25) is 9.69 Å². The number of piperazine rings is 1. The first-order valence-electron chi connectivity index (χ1n) is 7.48. The first-order valence-corrected chi connectivity index (χ1v) is 7.48. The Morgan fingerprint density at radius 1 is 1.21 bits per heavy atom. The van der Waals surface area contributed by atoms with Gasteiger partial charge in [0.25, 0.3) is 0 Å². The monoisotopic (exact) mass is 342 g/mol. The van der Waals surface area contributed by atoms with Crippen LogP contribution in [-0.2, 0) is 11.0 Å². The van der Waals surface area contributed by atoms with Crippen LogP contribution in [0.3, 0.4) is 0 Å². The van der Waals surface area contributed by atoms with Crippen LogP contribution in [0.1, 0.15) is 11.1 Å². The molecule has 1 aromatic rings. The van der Waals surface area contributed by atoms with Crippen LogP contribution in [0.2, 0.25) is 0 Å². The fourth-order valence-electron chi connectivity index (χ4n) is 2.47. The molecular formula is C17H18F4N2O. The predicted molar refractivity (Wildman–Crippen MR) is 83.7 cm³/mol. The molecule has 0 saturated carbocycles. The summed E-state index contributed by atoms with van der Waals surface area (Å²) in [5.41, 5.74) is -1.21. The van der Waals surface area contributed by atoms with E-state index in [1.54, 1.807) is 11.0 Å². The van der Waals surface area contributed by atoms with E-state index in [-0.39, 0.29) is 11.5 Å². The molecule has 1 saturated heterocycles. The minimum absolute atomic E-state index is 0.127. The molecule has 0 spiro atoms. The third-order valence-electron chi connectivity index (χ3n) is 3.79. The van der Waals surface area contributed by atoms with Gasteiger partial charge in [0.05, 0.1) is 5.56 Å². The summed E-state index contributed by atoms with van der Waals surface area (Å²) in [6.07, 6.45) is -0.479. The second kappa shape index (κ2) is 7.61. The summed E-state index contributed by atoms with van der Waals surface area (Å²) < 4.78 is 51.2. The minimum atomic E-state index is -4.76. The molecule has 1 aromatic carbocycles. The molecule has 0 bridgehead atoms.